The number of piperidine rings is 1. The predicted molar refractivity (Wildman–Crippen MR) is 126 cm³/mol. The van der Waals surface area contributed by atoms with Crippen LogP contribution >= 0.6 is 0 Å². The van der Waals surface area contributed by atoms with Gasteiger partial charge in [-0.3, -0.25) is 4.79 Å². The van der Waals surface area contributed by atoms with Crippen LogP contribution in [0.1, 0.15) is 42.0 Å². The van der Waals surface area contributed by atoms with E-state index in [2.05, 4.69) is 28.9 Å². The Morgan fingerprint density at radius 1 is 1.16 bits per heavy atom. The van der Waals surface area contributed by atoms with E-state index in [-0.39, 0.29) is 23.6 Å². The average molecular weight is 421 g/mol. The summed E-state index contributed by atoms with van der Waals surface area (Å²) in [5.74, 6) is 6.64. The molecule has 3 nitrogen and oxygen atoms in total. The summed E-state index contributed by atoms with van der Waals surface area (Å²) < 4.78 is 14.2. The van der Waals surface area contributed by atoms with Crippen LogP contribution in [-0.4, -0.2) is 38.0 Å². The highest BCUT2D eigenvalue weighted by Gasteiger charge is 2.34. The van der Waals surface area contributed by atoms with Gasteiger partial charge >= 0.3 is 0 Å². The highest BCUT2D eigenvalue weighted by atomic mass is 19.1. The molecule has 1 saturated heterocycles. The molecular weight excluding hydrogens is 387 g/mol. The van der Waals surface area contributed by atoms with E-state index in [1.165, 1.54) is 6.07 Å². The summed E-state index contributed by atoms with van der Waals surface area (Å²) in [4.78, 5) is 17.1. The normalized spacial score (nSPS) is 18.8. The standard InChI is InChI=1S/C27H33FN2O/c1-19-14-22(10-8-9-13-29(4)5)15-20(2)26(19)30-18-23(16-21(3)27(30)31)17-24-11-6-7-12-25(24)28/h6-7,11-12,14-15,21,23H,9,13,16-18H2,1-5H3/t21-,23-/m1/s1. The monoisotopic (exact) mass is 420 g/mol. The van der Waals surface area contributed by atoms with Gasteiger partial charge in [0.15, 0.2) is 0 Å². The Hall–Kier alpha value is -2.64. The van der Waals surface area contributed by atoms with Crippen LogP contribution in [0.5, 0.6) is 0 Å². The minimum Gasteiger partial charge on any atom is -0.311 e. The molecule has 2 aromatic rings. The van der Waals surface area contributed by atoms with Gasteiger partial charge in [0.25, 0.3) is 0 Å². The molecule has 0 spiro atoms. The molecule has 164 valence electrons. The quantitative estimate of drug-likeness (QED) is 0.637. The van der Waals surface area contributed by atoms with Gasteiger partial charge < -0.3 is 9.80 Å². The zero-order valence-electron chi connectivity index (χ0n) is 19.3. The third kappa shape index (κ3) is 5.74. The summed E-state index contributed by atoms with van der Waals surface area (Å²) in [6.07, 6.45) is 2.26. The van der Waals surface area contributed by atoms with E-state index < -0.39 is 0 Å². The number of benzene rings is 2. The Bertz CT molecular complexity index is 979. The number of nitrogens with zero attached hydrogens (tertiary/aromatic N) is 2. The summed E-state index contributed by atoms with van der Waals surface area (Å²) in [7, 11) is 4.08. The molecule has 0 aromatic heterocycles. The molecule has 1 amide bonds. The van der Waals surface area contributed by atoms with Gasteiger partial charge in [0.1, 0.15) is 5.82 Å². The number of hydrogen-bond acceptors (Lipinski definition) is 2. The van der Waals surface area contributed by atoms with E-state index in [1.54, 1.807) is 6.07 Å². The van der Waals surface area contributed by atoms with Crippen molar-refractivity contribution in [2.24, 2.45) is 11.8 Å². The zero-order valence-corrected chi connectivity index (χ0v) is 19.3. The molecule has 1 aliphatic heterocycles. The Morgan fingerprint density at radius 2 is 1.84 bits per heavy atom. The minimum absolute atomic E-state index is 0.0742. The molecule has 0 radical (unpaired) electrons. The number of aryl methyl sites for hydroxylation is 2. The van der Waals surface area contributed by atoms with Crippen molar-refractivity contribution in [1.82, 2.24) is 4.90 Å². The number of carbonyl (C=O) groups excluding carboxylic acids is 1. The van der Waals surface area contributed by atoms with Gasteiger partial charge in [0, 0.05) is 36.7 Å². The second-order valence-corrected chi connectivity index (χ2v) is 9.06. The molecule has 31 heavy (non-hydrogen) atoms. The Labute approximate surface area is 186 Å². The first kappa shape index (κ1) is 23.0. The lowest BCUT2D eigenvalue weighted by atomic mass is 9.84. The van der Waals surface area contributed by atoms with Gasteiger partial charge in [0.2, 0.25) is 5.91 Å². The fourth-order valence-corrected chi connectivity index (χ4v) is 4.51. The van der Waals surface area contributed by atoms with Gasteiger partial charge in [-0.25, -0.2) is 4.39 Å². The van der Waals surface area contributed by atoms with Crippen LogP contribution in [0.2, 0.25) is 0 Å². The maximum Gasteiger partial charge on any atom is 0.229 e. The molecule has 0 bridgehead atoms. The van der Waals surface area contributed by atoms with Crippen molar-refractivity contribution in [1.29, 1.82) is 0 Å². The largest absolute Gasteiger partial charge is 0.311 e. The van der Waals surface area contributed by atoms with Crippen molar-refractivity contribution in [2.45, 2.75) is 40.0 Å². The molecule has 1 heterocycles. The van der Waals surface area contributed by atoms with Crippen LogP contribution in [0, 0.1) is 43.3 Å². The predicted octanol–water partition coefficient (Wildman–Crippen LogP) is 4.98. The molecule has 1 fully saturated rings. The first-order valence-electron chi connectivity index (χ1n) is 11.1. The van der Waals surface area contributed by atoms with E-state index in [9.17, 15) is 9.18 Å². The Balaban J connectivity index is 1.82. The van der Waals surface area contributed by atoms with Crippen LogP contribution in [-0.2, 0) is 11.2 Å². The van der Waals surface area contributed by atoms with Crippen molar-refractivity contribution in [3.05, 3.63) is 64.5 Å². The topological polar surface area (TPSA) is 23.6 Å². The van der Waals surface area contributed by atoms with Crippen LogP contribution < -0.4 is 4.90 Å². The molecule has 1 aliphatic rings. The van der Waals surface area contributed by atoms with Crippen LogP contribution in [0.25, 0.3) is 0 Å². The lowest BCUT2D eigenvalue weighted by molar-refractivity contribution is -0.124. The molecule has 4 heteroatoms. The van der Waals surface area contributed by atoms with Crippen LogP contribution in [0.4, 0.5) is 10.1 Å². The van der Waals surface area contributed by atoms with Crippen molar-refractivity contribution in [2.75, 3.05) is 32.1 Å². The van der Waals surface area contributed by atoms with Gasteiger partial charge in [-0.15, -0.1) is 0 Å². The van der Waals surface area contributed by atoms with Crippen molar-refractivity contribution >= 4 is 11.6 Å². The summed E-state index contributed by atoms with van der Waals surface area (Å²) in [6, 6.07) is 11.1. The van der Waals surface area contributed by atoms with E-state index in [0.29, 0.717) is 13.0 Å². The van der Waals surface area contributed by atoms with Crippen molar-refractivity contribution < 1.29 is 9.18 Å². The summed E-state index contributed by atoms with van der Waals surface area (Å²) in [6.45, 7) is 7.63. The third-order valence-corrected chi connectivity index (χ3v) is 5.96. The molecule has 2 atom stereocenters. The van der Waals surface area contributed by atoms with E-state index in [1.807, 2.05) is 51.9 Å². The first-order chi connectivity index (χ1) is 14.8. The fourth-order valence-electron chi connectivity index (χ4n) is 4.51. The van der Waals surface area contributed by atoms with E-state index >= 15 is 0 Å². The van der Waals surface area contributed by atoms with Gasteiger partial charge in [-0.1, -0.05) is 37.0 Å². The van der Waals surface area contributed by atoms with E-state index in [0.717, 1.165) is 47.3 Å². The molecular formula is C27H33FN2O. The number of halogens is 1. The van der Waals surface area contributed by atoms with Crippen LogP contribution in [0.15, 0.2) is 36.4 Å². The lowest BCUT2D eigenvalue weighted by Crippen LogP contribution is -2.46. The smallest absolute Gasteiger partial charge is 0.229 e. The molecule has 3 rings (SSSR count). The van der Waals surface area contributed by atoms with E-state index in [4.69, 9.17) is 0 Å². The molecule has 2 aromatic carbocycles. The first-order valence-corrected chi connectivity index (χ1v) is 11.1. The molecule has 0 N–H and O–H groups in total. The Morgan fingerprint density at radius 3 is 2.48 bits per heavy atom. The van der Waals surface area contributed by atoms with Crippen LogP contribution in [0.3, 0.4) is 0 Å². The number of amides is 1. The summed E-state index contributed by atoms with van der Waals surface area (Å²) in [5.41, 5.74) is 4.81. The minimum atomic E-state index is -0.164. The third-order valence-electron chi connectivity index (χ3n) is 5.96. The van der Waals surface area contributed by atoms with Crippen molar-refractivity contribution in [3.8, 4) is 11.8 Å². The fraction of sp³-hybridized carbons (Fsp3) is 0.444. The Kier molecular flexibility index (Phi) is 7.51. The highest BCUT2D eigenvalue weighted by molar-refractivity contribution is 5.97. The average Bonchev–Trinajstić information content (AvgIpc) is 2.70. The van der Waals surface area contributed by atoms with Crippen molar-refractivity contribution in [3.63, 3.8) is 0 Å². The maximum absolute atomic E-state index is 14.2. The van der Waals surface area contributed by atoms with Gasteiger partial charge in [0.05, 0.1) is 0 Å². The molecule has 0 unspecified atom stereocenters. The number of rotatable bonds is 5. The number of carbonyl (C=O) groups is 1. The second kappa shape index (κ2) is 10.1. The number of hydrogen-bond donors (Lipinski definition) is 0. The summed E-state index contributed by atoms with van der Waals surface area (Å²) >= 11 is 0. The van der Waals surface area contributed by atoms with Gasteiger partial charge in [-0.05, 0) is 81.6 Å². The molecule has 0 saturated carbocycles. The van der Waals surface area contributed by atoms with Gasteiger partial charge in [-0.2, -0.15) is 0 Å². The molecule has 0 aliphatic carbocycles. The highest BCUT2D eigenvalue weighted by Crippen LogP contribution is 2.34. The number of anilines is 1. The second-order valence-electron chi connectivity index (χ2n) is 9.06. The summed E-state index contributed by atoms with van der Waals surface area (Å²) in [5, 5.41) is 0. The maximum atomic E-state index is 14.2. The SMILES string of the molecule is Cc1cc(C#CCCN(C)C)cc(C)c1N1C[C@@H](Cc2ccccc2F)C[C@@H](C)C1=O. The lowest BCUT2D eigenvalue weighted by Gasteiger charge is -2.38. The zero-order chi connectivity index (χ0) is 22.5.